The number of likely N-dealkylation sites (tertiary alicyclic amines) is 1. The monoisotopic (exact) mass is 229 g/mol. The number of rotatable bonds is 2. The predicted octanol–water partition coefficient (Wildman–Crippen LogP) is 2.87. The molecule has 4 heteroatoms. The maximum absolute atomic E-state index is 11.5. The fourth-order valence-corrected chi connectivity index (χ4v) is 2.35. The fourth-order valence-electron chi connectivity index (χ4n) is 1.27. The molecule has 15 heavy (non-hydrogen) atoms. The summed E-state index contributed by atoms with van der Waals surface area (Å²) in [6.45, 7) is 13.0. The van der Waals surface area contributed by atoms with Crippen molar-refractivity contribution in [1.82, 2.24) is 4.90 Å². The Hall–Kier alpha value is -0.640. The molecule has 0 radical (unpaired) electrons. The van der Waals surface area contributed by atoms with Gasteiger partial charge >= 0.3 is 6.09 Å². The number of hydrogen-bond acceptors (Lipinski definition) is 3. The Morgan fingerprint density at radius 3 is 2.40 bits per heavy atom. The molecule has 0 aromatic rings. The molecule has 0 aromatic carbocycles. The molecular weight excluding hydrogens is 210 g/mol. The highest BCUT2D eigenvalue weighted by Crippen LogP contribution is 2.28. The van der Waals surface area contributed by atoms with Crippen LogP contribution in [-0.2, 0) is 4.74 Å². The van der Waals surface area contributed by atoms with Crippen molar-refractivity contribution in [2.24, 2.45) is 0 Å². The smallest absolute Gasteiger partial charge is 0.410 e. The molecule has 1 aliphatic rings. The molecule has 0 aliphatic carbocycles. The van der Waals surface area contributed by atoms with E-state index in [1.807, 2.05) is 27.7 Å². The van der Waals surface area contributed by atoms with Crippen molar-refractivity contribution < 1.29 is 9.53 Å². The number of nitrogens with zero attached hydrogens (tertiary/aromatic N) is 1. The van der Waals surface area contributed by atoms with Gasteiger partial charge in [-0.25, -0.2) is 4.79 Å². The van der Waals surface area contributed by atoms with Crippen molar-refractivity contribution in [1.29, 1.82) is 0 Å². The maximum atomic E-state index is 11.5. The largest absolute Gasteiger partial charge is 0.444 e. The van der Waals surface area contributed by atoms with E-state index in [4.69, 9.17) is 4.74 Å². The molecule has 86 valence electrons. The third-order valence-electron chi connectivity index (χ3n) is 1.87. The van der Waals surface area contributed by atoms with Gasteiger partial charge in [-0.15, -0.1) is 11.8 Å². The van der Waals surface area contributed by atoms with Crippen LogP contribution in [0.4, 0.5) is 4.79 Å². The van der Waals surface area contributed by atoms with Crippen LogP contribution in [0.3, 0.4) is 0 Å². The van der Waals surface area contributed by atoms with E-state index >= 15 is 0 Å². The number of ether oxygens (including phenoxy) is 1. The molecular formula is C11H19NO2S. The molecule has 0 bridgehead atoms. The van der Waals surface area contributed by atoms with Crippen LogP contribution >= 0.6 is 11.8 Å². The van der Waals surface area contributed by atoms with Crippen molar-refractivity contribution in [3.63, 3.8) is 0 Å². The summed E-state index contributed by atoms with van der Waals surface area (Å²) >= 11 is 1.74. The molecule has 1 fully saturated rings. The average molecular weight is 229 g/mol. The zero-order valence-corrected chi connectivity index (χ0v) is 10.7. The molecule has 0 N–H and O–H groups in total. The maximum Gasteiger partial charge on any atom is 0.410 e. The lowest BCUT2D eigenvalue weighted by atomic mass is 10.2. The standard InChI is InChI=1S/C11H19NO2S/c1-8(2)15-9-6-12(7-9)10(13)14-11(3,4)5/h9H,1,6-7H2,2-5H3. The normalized spacial score (nSPS) is 17.2. The van der Waals surface area contributed by atoms with Gasteiger partial charge in [-0.1, -0.05) is 6.58 Å². The van der Waals surface area contributed by atoms with E-state index in [0.717, 1.165) is 18.0 Å². The van der Waals surface area contributed by atoms with Crippen LogP contribution in [0.25, 0.3) is 0 Å². The van der Waals surface area contributed by atoms with E-state index in [1.54, 1.807) is 16.7 Å². The van der Waals surface area contributed by atoms with E-state index in [-0.39, 0.29) is 6.09 Å². The van der Waals surface area contributed by atoms with Crippen LogP contribution in [0.1, 0.15) is 27.7 Å². The van der Waals surface area contributed by atoms with Gasteiger partial charge in [0.2, 0.25) is 0 Å². The number of allylic oxidation sites excluding steroid dienone is 1. The average Bonchev–Trinajstić information content (AvgIpc) is 1.91. The van der Waals surface area contributed by atoms with E-state index in [2.05, 4.69) is 6.58 Å². The van der Waals surface area contributed by atoms with Crippen molar-refractivity contribution >= 4 is 17.9 Å². The van der Waals surface area contributed by atoms with Crippen LogP contribution in [0, 0.1) is 0 Å². The summed E-state index contributed by atoms with van der Waals surface area (Å²) in [6, 6.07) is 0. The Bertz CT molecular complexity index is 264. The van der Waals surface area contributed by atoms with Gasteiger partial charge in [0.15, 0.2) is 0 Å². The molecule has 1 heterocycles. The molecule has 1 amide bonds. The Kier molecular flexibility index (Phi) is 3.71. The summed E-state index contributed by atoms with van der Waals surface area (Å²) in [5.41, 5.74) is -0.399. The molecule has 0 atom stereocenters. The zero-order valence-electron chi connectivity index (χ0n) is 9.87. The van der Waals surface area contributed by atoms with Gasteiger partial charge in [0.1, 0.15) is 5.60 Å². The van der Waals surface area contributed by atoms with Crippen LogP contribution < -0.4 is 0 Å². The van der Waals surface area contributed by atoms with E-state index in [0.29, 0.717) is 5.25 Å². The predicted molar refractivity (Wildman–Crippen MR) is 64.0 cm³/mol. The van der Waals surface area contributed by atoms with Crippen molar-refractivity contribution in [3.8, 4) is 0 Å². The molecule has 1 aliphatic heterocycles. The van der Waals surface area contributed by atoms with Gasteiger partial charge in [0.25, 0.3) is 0 Å². The Morgan fingerprint density at radius 2 is 2.00 bits per heavy atom. The van der Waals surface area contributed by atoms with Gasteiger partial charge < -0.3 is 9.64 Å². The molecule has 3 nitrogen and oxygen atoms in total. The molecule has 0 unspecified atom stereocenters. The zero-order chi connectivity index (χ0) is 11.6. The van der Waals surface area contributed by atoms with E-state index < -0.39 is 5.60 Å². The third kappa shape index (κ3) is 4.16. The van der Waals surface area contributed by atoms with Gasteiger partial charge in [0.05, 0.1) is 0 Å². The SMILES string of the molecule is C=C(C)SC1CN(C(=O)OC(C)(C)C)C1. The Morgan fingerprint density at radius 1 is 1.47 bits per heavy atom. The second-order valence-electron chi connectivity index (χ2n) is 4.83. The van der Waals surface area contributed by atoms with Crippen molar-refractivity contribution in [3.05, 3.63) is 11.5 Å². The first-order valence-electron chi connectivity index (χ1n) is 5.08. The van der Waals surface area contributed by atoms with Crippen molar-refractivity contribution in [2.45, 2.75) is 38.5 Å². The van der Waals surface area contributed by atoms with E-state index in [1.165, 1.54) is 0 Å². The summed E-state index contributed by atoms with van der Waals surface area (Å²) in [6.07, 6.45) is -0.207. The van der Waals surface area contributed by atoms with Crippen LogP contribution in [-0.4, -0.2) is 34.9 Å². The second kappa shape index (κ2) is 4.47. The number of thioether (sulfide) groups is 1. The Balaban J connectivity index is 2.27. The fraction of sp³-hybridized carbons (Fsp3) is 0.727. The van der Waals surface area contributed by atoms with Gasteiger partial charge in [0, 0.05) is 18.3 Å². The topological polar surface area (TPSA) is 29.5 Å². The number of hydrogen-bond donors (Lipinski definition) is 0. The first-order chi connectivity index (χ1) is 6.78. The van der Waals surface area contributed by atoms with Crippen LogP contribution in [0.2, 0.25) is 0 Å². The second-order valence-corrected chi connectivity index (χ2v) is 6.43. The highest BCUT2D eigenvalue weighted by atomic mass is 32.2. The van der Waals surface area contributed by atoms with Gasteiger partial charge in [-0.05, 0) is 32.6 Å². The van der Waals surface area contributed by atoms with Crippen LogP contribution in [0.15, 0.2) is 11.5 Å². The first-order valence-corrected chi connectivity index (χ1v) is 5.96. The number of carbonyl (C=O) groups excluding carboxylic acids is 1. The quantitative estimate of drug-likeness (QED) is 0.729. The van der Waals surface area contributed by atoms with Gasteiger partial charge in [-0.2, -0.15) is 0 Å². The van der Waals surface area contributed by atoms with E-state index in [9.17, 15) is 4.79 Å². The summed E-state index contributed by atoms with van der Waals surface area (Å²) in [7, 11) is 0. The minimum absolute atomic E-state index is 0.207. The lowest BCUT2D eigenvalue weighted by Gasteiger charge is -2.39. The summed E-state index contributed by atoms with van der Waals surface area (Å²) in [5.74, 6) is 0. The third-order valence-corrected chi connectivity index (χ3v) is 2.90. The highest BCUT2D eigenvalue weighted by molar-refractivity contribution is 8.03. The molecule has 0 aromatic heterocycles. The molecule has 1 saturated heterocycles. The lowest BCUT2D eigenvalue weighted by Crippen LogP contribution is -2.53. The highest BCUT2D eigenvalue weighted by Gasteiger charge is 2.33. The molecule has 1 rings (SSSR count). The minimum Gasteiger partial charge on any atom is -0.444 e. The van der Waals surface area contributed by atoms with Gasteiger partial charge in [-0.3, -0.25) is 0 Å². The number of carbonyl (C=O) groups is 1. The summed E-state index contributed by atoms with van der Waals surface area (Å²) < 4.78 is 5.25. The lowest BCUT2D eigenvalue weighted by molar-refractivity contribution is 0.0144. The number of amides is 1. The summed E-state index contributed by atoms with van der Waals surface area (Å²) in [4.78, 5) is 14.4. The summed E-state index contributed by atoms with van der Waals surface area (Å²) in [5, 5.41) is 0.495. The molecule has 0 saturated carbocycles. The van der Waals surface area contributed by atoms with Crippen LogP contribution in [0.5, 0.6) is 0 Å². The Labute approximate surface area is 95.9 Å². The molecule has 0 spiro atoms. The van der Waals surface area contributed by atoms with Crippen molar-refractivity contribution in [2.75, 3.05) is 13.1 Å². The first kappa shape index (κ1) is 12.4. The minimum atomic E-state index is -0.399.